The Hall–Kier alpha value is -0.600. The van der Waals surface area contributed by atoms with E-state index in [-0.39, 0.29) is 10.8 Å². The van der Waals surface area contributed by atoms with E-state index >= 15 is 0 Å². The predicted octanol–water partition coefficient (Wildman–Crippen LogP) is 3.77. The van der Waals surface area contributed by atoms with Crippen LogP contribution < -0.4 is 4.72 Å². The van der Waals surface area contributed by atoms with Crippen molar-refractivity contribution >= 4 is 54.6 Å². The van der Waals surface area contributed by atoms with Crippen LogP contribution in [0.4, 0.5) is 5.69 Å². The molecule has 0 unspecified atom stereocenters. The Balaban J connectivity index is 2.35. The minimum absolute atomic E-state index is 0.144. The van der Waals surface area contributed by atoms with Crippen molar-refractivity contribution in [3.8, 4) is 0 Å². The lowest BCUT2D eigenvalue weighted by atomic mass is 10.2. The van der Waals surface area contributed by atoms with Gasteiger partial charge in [-0.1, -0.05) is 11.6 Å². The van der Waals surface area contributed by atoms with Gasteiger partial charge >= 0.3 is 0 Å². The van der Waals surface area contributed by atoms with E-state index in [4.69, 9.17) is 16.7 Å². The van der Waals surface area contributed by atoms with Gasteiger partial charge in [0.25, 0.3) is 10.0 Å². The van der Waals surface area contributed by atoms with E-state index in [0.29, 0.717) is 20.7 Å². The first-order valence-electron chi connectivity index (χ1n) is 5.50. The molecule has 2 N–H and O–H groups in total. The van der Waals surface area contributed by atoms with Crippen molar-refractivity contribution in [2.24, 2.45) is 0 Å². The van der Waals surface area contributed by atoms with Crippen molar-refractivity contribution in [3.63, 3.8) is 0 Å². The van der Waals surface area contributed by atoms with Crippen LogP contribution in [0.3, 0.4) is 0 Å². The topological polar surface area (TPSA) is 66.4 Å². The molecule has 0 atom stereocenters. The lowest BCUT2D eigenvalue weighted by Crippen LogP contribution is -2.12. The second-order valence-electron chi connectivity index (χ2n) is 4.12. The zero-order valence-corrected chi connectivity index (χ0v) is 14.3. The first-order valence-corrected chi connectivity index (χ1v) is 9.03. The van der Waals surface area contributed by atoms with Gasteiger partial charge in [-0.2, -0.15) is 0 Å². The average molecular weight is 397 g/mol. The number of hydrogen-bond donors (Lipinski definition) is 2. The van der Waals surface area contributed by atoms with Crippen LogP contribution in [-0.4, -0.2) is 13.5 Å². The number of aliphatic hydroxyl groups excluding tert-OH is 1. The minimum Gasteiger partial charge on any atom is -0.392 e. The van der Waals surface area contributed by atoms with Gasteiger partial charge in [0.2, 0.25) is 0 Å². The Morgan fingerprint density at radius 2 is 2.10 bits per heavy atom. The molecule has 0 aliphatic carbocycles. The van der Waals surface area contributed by atoms with Gasteiger partial charge in [0.05, 0.1) is 12.3 Å². The van der Waals surface area contributed by atoms with Crippen LogP contribution in [0, 0.1) is 6.92 Å². The summed E-state index contributed by atoms with van der Waals surface area (Å²) in [6, 6.07) is 4.74. The van der Waals surface area contributed by atoms with Crippen LogP contribution in [0.2, 0.25) is 5.02 Å². The molecule has 1 heterocycles. The second-order valence-corrected chi connectivity index (χ2v) is 8.20. The number of aryl methyl sites for hydroxylation is 1. The fourth-order valence-electron chi connectivity index (χ4n) is 1.50. The summed E-state index contributed by atoms with van der Waals surface area (Å²) >= 11 is 10.4. The number of benzene rings is 1. The summed E-state index contributed by atoms with van der Waals surface area (Å²) < 4.78 is 27.7. The van der Waals surface area contributed by atoms with Gasteiger partial charge in [0.15, 0.2) is 0 Å². The molecule has 2 aromatic rings. The number of thiophene rings is 1. The normalized spacial score (nSPS) is 11.6. The highest BCUT2D eigenvalue weighted by Crippen LogP contribution is 2.31. The maximum Gasteiger partial charge on any atom is 0.271 e. The van der Waals surface area contributed by atoms with Gasteiger partial charge in [-0.05, 0) is 57.6 Å². The number of nitrogens with one attached hydrogen (secondary N) is 1. The number of sulfonamides is 1. The molecule has 20 heavy (non-hydrogen) atoms. The number of aliphatic hydroxyl groups is 1. The maximum atomic E-state index is 12.2. The van der Waals surface area contributed by atoms with Crippen molar-refractivity contribution in [2.75, 3.05) is 4.72 Å². The largest absolute Gasteiger partial charge is 0.392 e. The standard InChI is InChI=1S/C12H11BrClNO3S2/c1-7-2-9(13)11(4-10(7)14)15-20(17,18)12-3-8(5-16)6-19-12/h2-4,6,15-16H,5H2,1H3. The Morgan fingerprint density at radius 3 is 2.70 bits per heavy atom. The van der Waals surface area contributed by atoms with E-state index in [1.165, 1.54) is 6.07 Å². The minimum atomic E-state index is -3.69. The van der Waals surface area contributed by atoms with E-state index < -0.39 is 10.0 Å². The molecule has 0 amide bonds. The molecule has 0 aliphatic heterocycles. The Kier molecular flexibility index (Phi) is 4.76. The smallest absolute Gasteiger partial charge is 0.271 e. The highest BCUT2D eigenvalue weighted by molar-refractivity contribution is 9.10. The van der Waals surface area contributed by atoms with Gasteiger partial charge < -0.3 is 5.11 Å². The summed E-state index contributed by atoms with van der Waals surface area (Å²) in [5.74, 6) is 0. The number of halogens is 2. The molecule has 4 nitrogen and oxygen atoms in total. The van der Waals surface area contributed by atoms with Gasteiger partial charge in [-0.3, -0.25) is 4.72 Å². The molecule has 2 rings (SSSR count). The third kappa shape index (κ3) is 3.35. The van der Waals surface area contributed by atoms with Crippen LogP contribution in [0.15, 0.2) is 32.3 Å². The first kappa shape index (κ1) is 15.8. The summed E-state index contributed by atoms with van der Waals surface area (Å²) in [7, 11) is -3.69. The predicted molar refractivity (Wildman–Crippen MR) is 84.9 cm³/mol. The first-order chi connectivity index (χ1) is 9.33. The molecule has 0 radical (unpaired) electrons. The molecular formula is C12H11BrClNO3S2. The quantitative estimate of drug-likeness (QED) is 0.827. The highest BCUT2D eigenvalue weighted by Gasteiger charge is 2.18. The van der Waals surface area contributed by atoms with Gasteiger partial charge in [0, 0.05) is 9.50 Å². The third-order valence-electron chi connectivity index (χ3n) is 2.57. The van der Waals surface area contributed by atoms with Crippen LogP contribution in [0.25, 0.3) is 0 Å². The zero-order valence-electron chi connectivity index (χ0n) is 10.4. The summed E-state index contributed by atoms with van der Waals surface area (Å²) in [5.41, 5.74) is 1.79. The number of hydrogen-bond acceptors (Lipinski definition) is 4. The fraction of sp³-hybridized carbons (Fsp3) is 0.167. The molecule has 1 aromatic heterocycles. The molecule has 0 spiro atoms. The van der Waals surface area contributed by atoms with Crippen LogP contribution in [0.5, 0.6) is 0 Å². The average Bonchev–Trinajstić information content (AvgIpc) is 2.85. The van der Waals surface area contributed by atoms with Crippen molar-refractivity contribution in [1.29, 1.82) is 0 Å². The van der Waals surface area contributed by atoms with E-state index in [1.54, 1.807) is 17.5 Å². The van der Waals surface area contributed by atoms with Gasteiger partial charge in [0.1, 0.15) is 4.21 Å². The molecule has 108 valence electrons. The molecule has 8 heteroatoms. The van der Waals surface area contributed by atoms with Crippen LogP contribution in [-0.2, 0) is 16.6 Å². The summed E-state index contributed by atoms with van der Waals surface area (Å²) in [6.07, 6.45) is 0. The summed E-state index contributed by atoms with van der Waals surface area (Å²) in [4.78, 5) is 0. The SMILES string of the molecule is Cc1cc(Br)c(NS(=O)(=O)c2cc(CO)cs2)cc1Cl. The van der Waals surface area contributed by atoms with E-state index in [9.17, 15) is 8.42 Å². The van der Waals surface area contributed by atoms with Crippen LogP contribution in [0.1, 0.15) is 11.1 Å². The van der Waals surface area contributed by atoms with Crippen molar-refractivity contribution in [3.05, 3.63) is 44.2 Å². The Bertz CT molecular complexity index is 743. The number of rotatable bonds is 4. The molecule has 1 aromatic carbocycles. The Labute approximate surface area is 134 Å². The lowest BCUT2D eigenvalue weighted by molar-refractivity contribution is 0.282. The van der Waals surface area contributed by atoms with Crippen molar-refractivity contribution < 1.29 is 13.5 Å². The maximum absolute atomic E-state index is 12.2. The number of anilines is 1. The second kappa shape index (κ2) is 6.03. The molecule has 0 bridgehead atoms. The molecule has 0 saturated carbocycles. The zero-order chi connectivity index (χ0) is 14.9. The van der Waals surface area contributed by atoms with E-state index in [2.05, 4.69) is 20.7 Å². The van der Waals surface area contributed by atoms with Crippen molar-refractivity contribution in [2.45, 2.75) is 17.7 Å². The van der Waals surface area contributed by atoms with Gasteiger partial charge in [-0.15, -0.1) is 11.3 Å². The Morgan fingerprint density at radius 1 is 1.40 bits per heavy atom. The summed E-state index contributed by atoms with van der Waals surface area (Å²) in [5, 5.41) is 11.1. The van der Waals surface area contributed by atoms with Crippen LogP contribution >= 0.6 is 38.9 Å². The third-order valence-corrected chi connectivity index (χ3v) is 6.49. The molecule has 0 aliphatic rings. The van der Waals surface area contributed by atoms with E-state index in [0.717, 1.165) is 16.9 Å². The van der Waals surface area contributed by atoms with E-state index in [1.807, 2.05) is 6.92 Å². The molecular weight excluding hydrogens is 386 g/mol. The van der Waals surface area contributed by atoms with Crippen molar-refractivity contribution in [1.82, 2.24) is 0 Å². The molecule has 0 fully saturated rings. The lowest BCUT2D eigenvalue weighted by Gasteiger charge is -2.10. The highest BCUT2D eigenvalue weighted by atomic mass is 79.9. The van der Waals surface area contributed by atoms with Gasteiger partial charge in [-0.25, -0.2) is 8.42 Å². The summed E-state index contributed by atoms with van der Waals surface area (Å²) in [6.45, 7) is 1.64. The fourth-order valence-corrected chi connectivity index (χ4v) is 4.62. The monoisotopic (exact) mass is 395 g/mol. The molecule has 0 saturated heterocycles.